The molecule has 0 aromatic heterocycles. The van der Waals surface area contributed by atoms with Crippen LogP contribution >= 0.6 is 15.9 Å². The largest absolute Gasteiger partial charge is 0.417 e. The number of anilines is 1. The first-order chi connectivity index (χ1) is 10.5. The van der Waals surface area contributed by atoms with E-state index >= 15 is 0 Å². The van der Waals surface area contributed by atoms with Crippen molar-refractivity contribution >= 4 is 31.6 Å². The van der Waals surface area contributed by atoms with Gasteiger partial charge in [0.2, 0.25) is 0 Å². The van der Waals surface area contributed by atoms with Crippen molar-refractivity contribution in [3.8, 4) is 0 Å². The molecule has 0 spiro atoms. The van der Waals surface area contributed by atoms with Crippen LogP contribution in [0.5, 0.6) is 0 Å². The molecule has 10 heteroatoms. The van der Waals surface area contributed by atoms with Gasteiger partial charge in [0.05, 0.1) is 16.1 Å². The Kier molecular flexibility index (Phi) is 4.67. The second-order valence-electron chi connectivity index (χ2n) is 4.37. The number of nitrogens with one attached hydrogen (secondary N) is 1. The van der Waals surface area contributed by atoms with Crippen LogP contribution in [-0.2, 0) is 16.2 Å². The van der Waals surface area contributed by atoms with Crippen molar-refractivity contribution in [2.75, 3.05) is 4.72 Å². The maximum Gasteiger partial charge on any atom is 0.417 e. The molecule has 0 unspecified atom stereocenters. The average molecular weight is 416 g/mol. The van der Waals surface area contributed by atoms with Crippen LogP contribution < -0.4 is 4.72 Å². The van der Waals surface area contributed by atoms with Crippen molar-refractivity contribution < 1.29 is 30.4 Å². The Hall–Kier alpha value is -1.68. The van der Waals surface area contributed by atoms with Crippen molar-refractivity contribution in [3.63, 3.8) is 0 Å². The molecule has 0 aliphatic carbocycles. The fourth-order valence-corrected chi connectivity index (χ4v) is 3.21. The summed E-state index contributed by atoms with van der Waals surface area (Å²) in [5.74, 6) is -2.48. The molecule has 0 saturated heterocycles. The molecule has 3 nitrogen and oxygen atoms in total. The SMILES string of the molecule is O=S(=O)(Nc1ccc(F)c(F)c1)c1ccc(Br)c(C(F)(F)F)c1. The summed E-state index contributed by atoms with van der Waals surface area (Å²) < 4.78 is 90.0. The van der Waals surface area contributed by atoms with Crippen LogP contribution in [0, 0.1) is 11.6 Å². The molecule has 0 aliphatic rings. The first kappa shape index (κ1) is 17.7. The Bertz CT molecular complexity index is 852. The maximum absolute atomic E-state index is 13.1. The Morgan fingerprint density at radius 3 is 2.17 bits per heavy atom. The predicted molar refractivity (Wildman–Crippen MR) is 76.3 cm³/mol. The molecule has 2 rings (SSSR count). The second-order valence-corrected chi connectivity index (χ2v) is 6.91. The van der Waals surface area contributed by atoms with Gasteiger partial charge < -0.3 is 0 Å². The van der Waals surface area contributed by atoms with Gasteiger partial charge in [0.25, 0.3) is 10.0 Å². The Morgan fingerprint density at radius 1 is 0.957 bits per heavy atom. The van der Waals surface area contributed by atoms with Gasteiger partial charge in [-0.2, -0.15) is 13.2 Å². The van der Waals surface area contributed by atoms with Crippen LogP contribution in [0.25, 0.3) is 0 Å². The standard InChI is InChI=1S/C13H7BrF5NO2S/c14-10-3-2-8(6-9(10)13(17,18)19)23(21,22)20-7-1-4-11(15)12(16)5-7/h1-6,20H. The van der Waals surface area contributed by atoms with Crippen LogP contribution in [0.2, 0.25) is 0 Å². The Morgan fingerprint density at radius 2 is 1.61 bits per heavy atom. The van der Waals surface area contributed by atoms with Crippen LogP contribution in [0.4, 0.5) is 27.6 Å². The first-order valence-electron chi connectivity index (χ1n) is 5.85. The summed E-state index contributed by atoms with van der Waals surface area (Å²) in [7, 11) is -4.40. The van der Waals surface area contributed by atoms with E-state index in [0.29, 0.717) is 18.2 Å². The highest BCUT2D eigenvalue weighted by molar-refractivity contribution is 9.10. The molecule has 0 aliphatic heterocycles. The van der Waals surface area contributed by atoms with E-state index in [0.717, 1.165) is 18.2 Å². The van der Waals surface area contributed by atoms with Gasteiger partial charge >= 0.3 is 6.18 Å². The van der Waals surface area contributed by atoms with Gasteiger partial charge in [-0.05, 0) is 30.3 Å². The lowest BCUT2D eigenvalue weighted by atomic mass is 10.2. The molecule has 0 atom stereocenters. The van der Waals surface area contributed by atoms with E-state index in [9.17, 15) is 30.4 Å². The number of benzene rings is 2. The predicted octanol–water partition coefficient (Wildman–Crippen LogP) is 4.55. The summed E-state index contributed by atoms with van der Waals surface area (Å²) in [6.45, 7) is 0. The lowest BCUT2D eigenvalue weighted by molar-refractivity contribution is -0.138. The molecule has 0 saturated carbocycles. The van der Waals surface area contributed by atoms with Gasteiger partial charge in [-0.25, -0.2) is 17.2 Å². The zero-order chi connectivity index (χ0) is 17.4. The number of hydrogen-bond donors (Lipinski definition) is 1. The molecule has 0 fully saturated rings. The fraction of sp³-hybridized carbons (Fsp3) is 0.0769. The quantitative estimate of drug-likeness (QED) is 0.747. The van der Waals surface area contributed by atoms with E-state index in [1.807, 2.05) is 4.72 Å². The molecular formula is C13H7BrF5NO2S. The van der Waals surface area contributed by atoms with Crippen molar-refractivity contribution in [1.29, 1.82) is 0 Å². The minimum Gasteiger partial charge on any atom is -0.280 e. The molecule has 0 amide bonds. The van der Waals surface area contributed by atoms with Crippen molar-refractivity contribution in [1.82, 2.24) is 0 Å². The van der Waals surface area contributed by atoms with E-state index in [1.54, 1.807) is 0 Å². The molecule has 0 radical (unpaired) electrons. The van der Waals surface area contributed by atoms with E-state index in [1.165, 1.54) is 0 Å². The van der Waals surface area contributed by atoms with E-state index in [2.05, 4.69) is 15.9 Å². The monoisotopic (exact) mass is 415 g/mol. The number of alkyl halides is 3. The molecule has 2 aromatic rings. The van der Waals surface area contributed by atoms with Crippen molar-refractivity contribution in [2.45, 2.75) is 11.1 Å². The number of halogens is 6. The molecule has 0 bridgehead atoms. The van der Waals surface area contributed by atoms with E-state index in [-0.39, 0.29) is 10.2 Å². The van der Waals surface area contributed by atoms with Gasteiger partial charge in [0, 0.05) is 10.5 Å². The van der Waals surface area contributed by atoms with E-state index in [4.69, 9.17) is 0 Å². The van der Waals surface area contributed by atoms with Gasteiger partial charge in [-0.3, -0.25) is 4.72 Å². The fourth-order valence-electron chi connectivity index (χ4n) is 1.66. The lowest BCUT2D eigenvalue weighted by Crippen LogP contribution is -2.15. The molecule has 23 heavy (non-hydrogen) atoms. The van der Waals surface area contributed by atoms with Gasteiger partial charge in [0.15, 0.2) is 11.6 Å². The smallest absolute Gasteiger partial charge is 0.280 e. The molecule has 124 valence electrons. The van der Waals surface area contributed by atoms with Crippen molar-refractivity contribution in [2.24, 2.45) is 0 Å². The third-order valence-electron chi connectivity index (χ3n) is 2.73. The summed E-state index contributed by atoms with van der Waals surface area (Å²) in [5.41, 5.74) is -1.49. The molecule has 0 heterocycles. The molecular weight excluding hydrogens is 409 g/mol. The van der Waals surface area contributed by atoms with Crippen LogP contribution in [0.3, 0.4) is 0 Å². The van der Waals surface area contributed by atoms with Gasteiger partial charge in [-0.1, -0.05) is 15.9 Å². The molecule has 1 N–H and O–H groups in total. The lowest BCUT2D eigenvalue weighted by Gasteiger charge is -2.12. The summed E-state index contributed by atoms with van der Waals surface area (Å²) >= 11 is 2.69. The first-order valence-corrected chi connectivity index (χ1v) is 8.13. The highest BCUT2D eigenvalue weighted by Gasteiger charge is 2.34. The number of hydrogen-bond acceptors (Lipinski definition) is 2. The highest BCUT2D eigenvalue weighted by atomic mass is 79.9. The number of rotatable bonds is 3. The second kappa shape index (κ2) is 6.08. The summed E-state index contributed by atoms with van der Waals surface area (Å²) in [5, 5.41) is 0. The van der Waals surface area contributed by atoms with Crippen LogP contribution in [-0.4, -0.2) is 8.42 Å². The Balaban J connectivity index is 2.42. The minimum absolute atomic E-state index is 0.319. The summed E-state index contributed by atoms with van der Waals surface area (Å²) in [4.78, 5) is -0.669. The molecule has 2 aromatic carbocycles. The van der Waals surface area contributed by atoms with Gasteiger partial charge in [-0.15, -0.1) is 0 Å². The third kappa shape index (κ3) is 3.99. The zero-order valence-electron chi connectivity index (χ0n) is 11.0. The topological polar surface area (TPSA) is 46.2 Å². The van der Waals surface area contributed by atoms with Crippen molar-refractivity contribution in [3.05, 3.63) is 58.1 Å². The Labute approximate surface area is 136 Å². The summed E-state index contributed by atoms with van der Waals surface area (Å²) in [6.07, 6.45) is -4.76. The average Bonchev–Trinajstić information content (AvgIpc) is 2.41. The normalized spacial score (nSPS) is 12.3. The van der Waals surface area contributed by atoms with Gasteiger partial charge in [0.1, 0.15) is 0 Å². The van der Waals surface area contributed by atoms with Crippen LogP contribution in [0.1, 0.15) is 5.56 Å². The highest BCUT2D eigenvalue weighted by Crippen LogP contribution is 2.36. The number of sulfonamides is 1. The summed E-state index contributed by atoms with van der Waals surface area (Å²) in [6, 6.07) is 4.53. The third-order valence-corrected chi connectivity index (χ3v) is 4.80. The zero-order valence-corrected chi connectivity index (χ0v) is 13.4. The van der Waals surface area contributed by atoms with E-state index < -0.39 is 38.3 Å². The maximum atomic E-state index is 13.1. The minimum atomic E-state index is -4.76. The van der Waals surface area contributed by atoms with Crippen LogP contribution in [0.15, 0.2) is 45.8 Å².